The van der Waals surface area contributed by atoms with Crippen LogP contribution >= 0.6 is 0 Å². The maximum absolute atomic E-state index is 12.1. The normalized spacial score (nSPS) is 15.6. The molecule has 2 aromatic rings. The molecule has 42 heavy (non-hydrogen) atoms. The number of rotatable bonds is 12. The van der Waals surface area contributed by atoms with Crippen molar-refractivity contribution < 1.29 is 28.5 Å². The molecule has 0 unspecified atom stereocenters. The Morgan fingerprint density at radius 2 is 1.52 bits per heavy atom. The summed E-state index contributed by atoms with van der Waals surface area (Å²) in [6.45, 7) is 17.6. The predicted molar refractivity (Wildman–Crippen MR) is 169 cm³/mol. The standard InChI is InChI=1S/C36H50O6/c1-10-40-32(37)18-16-25-15-17-30(39-9)26(22-25)27-23-28-29(36(7,8)20-19-35(28,5)6)24-31(27)41-21-13-11-12-14-33(38)42-34(2,3)4/h15-18,22-24H,10-14,19-21H2,1-9H3/b18-16+. The second kappa shape index (κ2) is 13.8. The fourth-order valence-electron chi connectivity index (χ4n) is 5.44. The molecule has 0 atom stereocenters. The molecule has 0 N–H and O–H groups in total. The Hall–Kier alpha value is -3.28. The van der Waals surface area contributed by atoms with Crippen molar-refractivity contribution in [3.63, 3.8) is 0 Å². The van der Waals surface area contributed by atoms with Gasteiger partial charge in [0, 0.05) is 23.6 Å². The van der Waals surface area contributed by atoms with Crippen LogP contribution in [0, 0.1) is 0 Å². The van der Waals surface area contributed by atoms with E-state index in [4.69, 9.17) is 18.9 Å². The summed E-state index contributed by atoms with van der Waals surface area (Å²) >= 11 is 0. The van der Waals surface area contributed by atoms with Crippen LogP contribution in [0.5, 0.6) is 11.5 Å². The van der Waals surface area contributed by atoms with Crippen LogP contribution in [0.15, 0.2) is 36.4 Å². The number of hydrogen-bond donors (Lipinski definition) is 0. The van der Waals surface area contributed by atoms with Crippen LogP contribution in [-0.2, 0) is 29.9 Å². The molecule has 1 aliphatic rings. The zero-order chi connectivity index (χ0) is 31.1. The lowest BCUT2D eigenvalue weighted by molar-refractivity contribution is -0.155. The van der Waals surface area contributed by atoms with E-state index in [9.17, 15) is 9.59 Å². The molecule has 0 bridgehead atoms. The van der Waals surface area contributed by atoms with Crippen LogP contribution in [0.2, 0.25) is 0 Å². The van der Waals surface area contributed by atoms with Gasteiger partial charge in [0.2, 0.25) is 0 Å². The minimum atomic E-state index is -0.460. The molecular formula is C36H50O6. The van der Waals surface area contributed by atoms with E-state index in [1.807, 2.05) is 39.0 Å². The number of benzene rings is 2. The van der Waals surface area contributed by atoms with E-state index >= 15 is 0 Å². The zero-order valence-corrected chi connectivity index (χ0v) is 27.1. The van der Waals surface area contributed by atoms with E-state index in [1.165, 1.54) is 17.2 Å². The van der Waals surface area contributed by atoms with Gasteiger partial charge in [-0.25, -0.2) is 4.79 Å². The second-order valence-electron chi connectivity index (χ2n) is 13.5. The summed E-state index contributed by atoms with van der Waals surface area (Å²) < 4.78 is 22.8. The number of carbonyl (C=O) groups is 2. The highest BCUT2D eigenvalue weighted by atomic mass is 16.6. The zero-order valence-electron chi connectivity index (χ0n) is 27.1. The minimum Gasteiger partial charge on any atom is -0.496 e. The van der Waals surface area contributed by atoms with E-state index in [2.05, 4.69) is 39.8 Å². The molecule has 3 rings (SSSR count). The first kappa shape index (κ1) is 33.2. The van der Waals surface area contributed by atoms with Gasteiger partial charge in [0.25, 0.3) is 0 Å². The maximum atomic E-state index is 12.1. The monoisotopic (exact) mass is 578 g/mol. The number of hydrogen-bond acceptors (Lipinski definition) is 6. The highest BCUT2D eigenvalue weighted by Crippen LogP contribution is 2.50. The number of methoxy groups -OCH3 is 1. The summed E-state index contributed by atoms with van der Waals surface area (Å²) in [6.07, 6.45) is 8.29. The van der Waals surface area contributed by atoms with E-state index < -0.39 is 5.60 Å². The largest absolute Gasteiger partial charge is 0.496 e. The minimum absolute atomic E-state index is 0.0223. The topological polar surface area (TPSA) is 71.1 Å². The van der Waals surface area contributed by atoms with Gasteiger partial charge in [-0.15, -0.1) is 0 Å². The van der Waals surface area contributed by atoms with Crippen molar-refractivity contribution in [2.75, 3.05) is 20.3 Å². The molecule has 6 nitrogen and oxygen atoms in total. The van der Waals surface area contributed by atoms with Gasteiger partial charge in [-0.3, -0.25) is 4.79 Å². The summed E-state index contributed by atoms with van der Waals surface area (Å²) in [7, 11) is 1.67. The van der Waals surface area contributed by atoms with Crippen LogP contribution in [-0.4, -0.2) is 37.9 Å². The molecule has 0 spiro atoms. The van der Waals surface area contributed by atoms with Crippen molar-refractivity contribution in [2.45, 2.75) is 110 Å². The van der Waals surface area contributed by atoms with Gasteiger partial charge < -0.3 is 18.9 Å². The Balaban J connectivity index is 1.93. The van der Waals surface area contributed by atoms with Crippen molar-refractivity contribution >= 4 is 18.0 Å². The maximum Gasteiger partial charge on any atom is 0.330 e. The first-order chi connectivity index (χ1) is 19.7. The molecule has 6 heteroatoms. The third-order valence-corrected chi connectivity index (χ3v) is 7.87. The molecule has 0 heterocycles. The average molecular weight is 579 g/mol. The number of esters is 2. The van der Waals surface area contributed by atoms with Crippen LogP contribution in [0.25, 0.3) is 17.2 Å². The molecule has 0 saturated heterocycles. The van der Waals surface area contributed by atoms with Crippen molar-refractivity contribution in [1.82, 2.24) is 0 Å². The SMILES string of the molecule is CCOC(=O)/C=C/c1ccc(OC)c(-c2cc3c(cc2OCCCCCC(=O)OC(C)(C)C)C(C)(C)CCC3(C)C)c1. The molecule has 230 valence electrons. The Morgan fingerprint density at radius 3 is 2.14 bits per heavy atom. The van der Waals surface area contributed by atoms with E-state index in [0.29, 0.717) is 19.6 Å². The van der Waals surface area contributed by atoms with Crippen molar-refractivity contribution in [2.24, 2.45) is 0 Å². The molecular weight excluding hydrogens is 528 g/mol. The second-order valence-corrected chi connectivity index (χ2v) is 13.5. The molecule has 0 fully saturated rings. The fourth-order valence-corrected chi connectivity index (χ4v) is 5.44. The summed E-state index contributed by atoms with van der Waals surface area (Å²) in [6, 6.07) is 10.4. The number of ether oxygens (including phenoxy) is 4. The highest BCUT2D eigenvalue weighted by Gasteiger charge is 2.38. The van der Waals surface area contributed by atoms with Crippen LogP contribution < -0.4 is 9.47 Å². The summed E-state index contributed by atoms with van der Waals surface area (Å²) in [5.41, 5.74) is 4.98. The number of fused-ring (bicyclic) bond motifs is 1. The quantitative estimate of drug-likeness (QED) is 0.143. The molecule has 1 aliphatic carbocycles. The van der Waals surface area contributed by atoms with Gasteiger partial charge in [0.1, 0.15) is 17.1 Å². The summed E-state index contributed by atoms with van der Waals surface area (Å²) in [4.78, 5) is 24.0. The lowest BCUT2D eigenvalue weighted by Crippen LogP contribution is -2.34. The van der Waals surface area contributed by atoms with Crippen molar-refractivity contribution in [1.29, 1.82) is 0 Å². The molecule has 0 saturated carbocycles. The molecule has 0 amide bonds. The number of carbonyl (C=O) groups excluding carboxylic acids is 2. The summed E-state index contributed by atoms with van der Waals surface area (Å²) in [5, 5.41) is 0. The van der Waals surface area contributed by atoms with Crippen LogP contribution in [0.1, 0.15) is 111 Å². The molecule has 2 aromatic carbocycles. The lowest BCUT2D eigenvalue weighted by Gasteiger charge is -2.42. The first-order valence-electron chi connectivity index (χ1n) is 15.2. The van der Waals surface area contributed by atoms with Gasteiger partial charge in [0.05, 0.1) is 20.3 Å². The predicted octanol–water partition coefficient (Wildman–Crippen LogP) is 8.57. The first-order valence-corrected chi connectivity index (χ1v) is 15.2. The lowest BCUT2D eigenvalue weighted by atomic mass is 9.62. The van der Waals surface area contributed by atoms with E-state index in [1.54, 1.807) is 20.1 Å². The third kappa shape index (κ3) is 8.86. The van der Waals surface area contributed by atoms with E-state index in [-0.39, 0.29) is 22.8 Å². The van der Waals surface area contributed by atoms with Gasteiger partial charge in [-0.1, -0.05) is 33.8 Å². The Kier molecular flexibility index (Phi) is 10.9. The highest BCUT2D eigenvalue weighted by molar-refractivity contribution is 5.88. The summed E-state index contributed by atoms with van der Waals surface area (Å²) in [5.74, 6) is 1.02. The fraction of sp³-hybridized carbons (Fsp3) is 0.556. The molecule has 0 radical (unpaired) electrons. The van der Waals surface area contributed by atoms with Crippen molar-refractivity contribution in [3.05, 3.63) is 53.1 Å². The number of unbranched alkanes of at least 4 members (excludes halogenated alkanes) is 2. The Labute approximate surface area is 252 Å². The van der Waals surface area contributed by atoms with Crippen molar-refractivity contribution in [3.8, 4) is 22.6 Å². The van der Waals surface area contributed by atoms with Gasteiger partial charge in [-0.2, -0.15) is 0 Å². The van der Waals surface area contributed by atoms with Gasteiger partial charge >= 0.3 is 11.9 Å². The van der Waals surface area contributed by atoms with Gasteiger partial charge in [0.15, 0.2) is 0 Å². The molecule has 0 aromatic heterocycles. The smallest absolute Gasteiger partial charge is 0.330 e. The molecule has 0 aliphatic heterocycles. The Morgan fingerprint density at radius 1 is 0.881 bits per heavy atom. The van der Waals surface area contributed by atoms with Crippen LogP contribution in [0.3, 0.4) is 0 Å². The average Bonchev–Trinajstić information content (AvgIpc) is 2.91. The van der Waals surface area contributed by atoms with Gasteiger partial charge in [-0.05, 0) is 118 Å². The van der Waals surface area contributed by atoms with Crippen LogP contribution in [0.4, 0.5) is 0 Å². The van der Waals surface area contributed by atoms with E-state index in [0.717, 1.165) is 60.3 Å². The Bertz CT molecular complexity index is 1280. The third-order valence-electron chi connectivity index (χ3n) is 7.87.